The second-order valence-electron chi connectivity index (χ2n) is 7.22. The third-order valence-electron chi connectivity index (χ3n) is 5.33. The highest BCUT2D eigenvalue weighted by Crippen LogP contribution is 2.22. The number of rotatable bonds is 7. The van der Waals surface area contributed by atoms with Gasteiger partial charge in [-0.15, -0.1) is 0 Å². The Morgan fingerprint density at radius 1 is 1.00 bits per heavy atom. The predicted octanol–water partition coefficient (Wildman–Crippen LogP) is 1.58. The topological polar surface area (TPSA) is 45.2 Å². The van der Waals surface area contributed by atoms with Crippen LogP contribution in [0.5, 0.6) is 5.75 Å². The van der Waals surface area contributed by atoms with Crippen molar-refractivity contribution in [1.82, 2.24) is 14.7 Å². The summed E-state index contributed by atoms with van der Waals surface area (Å²) in [5.74, 6) is 1.18. The zero-order valence-electron chi connectivity index (χ0n) is 16.1. The van der Waals surface area contributed by atoms with Gasteiger partial charge in [0.25, 0.3) is 0 Å². The number of piperazine rings is 1. The molecule has 144 valence electrons. The van der Waals surface area contributed by atoms with Crippen LogP contribution in [0.2, 0.25) is 0 Å². The largest absolute Gasteiger partial charge is 0.496 e. The summed E-state index contributed by atoms with van der Waals surface area (Å²) >= 11 is 0. The highest BCUT2D eigenvalue weighted by atomic mass is 16.5. The van der Waals surface area contributed by atoms with Crippen molar-refractivity contribution in [2.24, 2.45) is 0 Å². The van der Waals surface area contributed by atoms with Crippen LogP contribution in [0.25, 0.3) is 0 Å². The molecule has 2 fully saturated rings. The average Bonchev–Trinajstić information content (AvgIpc) is 3.19. The number of hydrogen-bond donors (Lipinski definition) is 0. The van der Waals surface area contributed by atoms with Crippen molar-refractivity contribution in [2.45, 2.75) is 26.0 Å². The van der Waals surface area contributed by atoms with Gasteiger partial charge in [0, 0.05) is 58.5 Å². The Labute approximate surface area is 156 Å². The number of carbonyl (C=O) groups is 1. The monoisotopic (exact) mass is 361 g/mol. The van der Waals surface area contributed by atoms with E-state index >= 15 is 0 Å². The Balaban J connectivity index is 1.47. The van der Waals surface area contributed by atoms with Gasteiger partial charge in [-0.2, -0.15) is 0 Å². The van der Waals surface area contributed by atoms with E-state index in [4.69, 9.17) is 9.47 Å². The van der Waals surface area contributed by atoms with Crippen LogP contribution in [-0.2, 0) is 22.7 Å². The molecule has 0 aliphatic carbocycles. The Morgan fingerprint density at radius 2 is 1.69 bits per heavy atom. The van der Waals surface area contributed by atoms with E-state index in [1.807, 2.05) is 11.0 Å². The van der Waals surface area contributed by atoms with E-state index in [1.165, 1.54) is 5.56 Å². The quantitative estimate of drug-likeness (QED) is 0.738. The van der Waals surface area contributed by atoms with Gasteiger partial charge in [-0.1, -0.05) is 6.07 Å². The maximum absolute atomic E-state index is 12.3. The zero-order chi connectivity index (χ0) is 18.4. The van der Waals surface area contributed by atoms with E-state index in [-0.39, 0.29) is 0 Å². The third-order valence-corrected chi connectivity index (χ3v) is 5.33. The fourth-order valence-corrected chi connectivity index (χ4v) is 3.82. The maximum atomic E-state index is 12.3. The zero-order valence-corrected chi connectivity index (χ0v) is 16.1. The fourth-order valence-electron chi connectivity index (χ4n) is 3.82. The number of amides is 1. The molecule has 0 atom stereocenters. The molecule has 0 saturated carbocycles. The number of carbonyl (C=O) groups excluding carboxylic acids is 1. The van der Waals surface area contributed by atoms with Crippen molar-refractivity contribution >= 4 is 5.91 Å². The van der Waals surface area contributed by atoms with E-state index < -0.39 is 0 Å². The summed E-state index contributed by atoms with van der Waals surface area (Å²) in [5.41, 5.74) is 2.36. The molecule has 1 aromatic carbocycles. The summed E-state index contributed by atoms with van der Waals surface area (Å²) in [6.45, 7) is 7.87. The minimum absolute atomic E-state index is 0.301. The number of nitrogens with zero attached hydrogens (tertiary/aromatic N) is 3. The maximum Gasteiger partial charge on any atom is 0.236 e. The minimum atomic E-state index is 0.301. The molecule has 1 aromatic rings. The molecule has 0 N–H and O–H groups in total. The molecule has 0 aromatic heterocycles. The first kappa shape index (κ1) is 19.1. The molecule has 0 unspecified atom stereocenters. The first-order chi connectivity index (χ1) is 12.7. The van der Waals surface area contributed by atoms with Crippen molar-refractivity contribution < 1.29 is 14.3 Å². The van der Waals surface area contributed by atoms with Crippen LogP contribution in [0.1, 0.15) is 24.0 Å². The molecule has 2 saturated heterocycles. The summed E-state index contributed by atoms with van der Waals surface area (Å²) in [7, 11) is 3.39. The summed E-state index contributed by atoms with van der Waals surface area (Å²) < 4.78 is 10.7. The molecule has 2 aliphatic rings. The van der Waals surface area contributed by atoms with E-state index in [0.29, 0.717) is 19.1 Å². The van der Waals surface area contributed by atoms with Gasteiger partial charge in [-0.05, 0) is 30.5 Å². The van der Waals surface area contributed by atoms with E-state index in [1.54, 1.807) is 14.2 Å². The van der Waals surface area contributed by atoms with Crippen molar-refractivity contribution in [3.8, 4) is 5.75 Å². The molecule has 3 rings (SSSR count). The second-order valence-corrected chi connectivity index (χ2v) is 7.22. The van der Waals surface area contributed by atoms with Crippen LogP contribution in [-0.4, -0.2) is 80.6 Å². The Kier molecular flexibility index (Phi) is 6.88. The summed E-state index contributed by atoms with van der Waals surface area (Å²) in [5, 5.41) is 0. The lowest BCUT2D eigenvalue weighted by molar-refractivity contribution is -0.131. The van der Waals surface area contributed by atoms with Gasteiger partial charge in [-0.25, -0.2) is 0 Å². The van der Waals surface area contributed by atoms with Crippen molar-refractivity contribution in [3.05, 3.63) is 29.3 Å². The molecule has 26 heavy (non-hydrogen) atoms. The van der Waals surface area contributed by atoms with Crippen LogP contribution >= 0.6 is 0 Å². The van der Waals surface area contributed by atoms with Crippen LogP contribution in [0.15, 0.2) is 18.2 Å². The van der Waals surface area contributed by atoms with Crippen LogP contribution in [0, 0.1) is 0 Å². The van der Waals surface area contributed by atoms with Gasteiger partial charge < -0.3 is 14.4 Å². The molecule has 0 radical (unpaired) electrons. The van der Waals surface area contributed by atoms with E-state index in [9.17, 15) is 4.79 Å². The van der Waals surface area contributed by atoms with Crippen molar-refractivity contribution in [2.75, 3.05) is 60.0 Å². The van der Waals surface area contributed by atoms with Gasteiger partial charge in [0.15, 0.2) is 0 Å². The molecule has 1 amide bonds. The molecule has 6 nitrogen and oxygen atoms in total. The smallest absolute Gasteiger partial charge is 0.236 e. The third kappa shape index (κ3) is 4.96. The SMILES string of the molecule is COCc1cc(CN2CCN(CC(=O)N3CCCC3)CC2)ccc1OC. The van der Waals surface area contributed by atoms with Crippen LogP contribution in [0.3, 0.4) is 0 Å². The van der Waals surface area contributed by atoms with Crippen molar-refractivity contribution in [1.29, 1.82) is 0 Å². The standard InChI is InChI=1S/C20H31N3O3/c1-25-16-18-13-17(5-6-19(18)26-2)14-21-9-11-22(12-10-21)15-20(24)23-7-3-4-8-23/h5-6,13H,3-4,7-12,14-16H2,1-2H3. The highest BCUT2D eigenvalue weighted by molar-refractivity contribution is 5.78. The minimum Gasteiger partial charge on any atom is -0.496 e. The number of benzene rings is 1. The van der Waals surface area contributed by atoms with Gasteiger partial charge in [-0.3, -0.25) is 14.6 Å². The van der Waals surface area contributed by atoms with Gasteiger partial charge in [0.2, 0.25) is 5.91 Å². The lowest BCUT2D eigenvalue weighted by atomic mass is 10.1. The van der Waals surface area contributed by atoms with Gasteiger partial charge in [0.1, 0.15) is 5.75 Å². The summed E-state index contributed by atoms with van der Waals surface area (Å²) in [6, 6.07) is 6.32. The summed E-state index contributed by atoms with van der Waals surface area (Å²) in [6.07, 6.45) is 2.32. The Bertz CT molecular complexity index is 594. The molecule has 6 heteroatoms. The number of hydrogen-bond acceptors (Lipinski definition) is 5. The number of methoxy groups -OCH3 is 2. The predicted molar refractivity (Wildman–Crippen MR) is 101 cm³/mol. The first-order valence-electron chi connectivity index (χ1n) is 9.57. The van der Waals surface area contributed by atoms with Crippen LogP contribution < -0.4 is 4.74 Å². The van der Waals surface area contributed by atoms with Crippen molar-refractivity contribution in [3.63, 3.8) is 0 Å². The Hall–Kier alpha value is -1.63. The fraction of sp³-hybridized carbons (Fsp3) is 0.650. The number of ether oxygens (including phenoxy) is 2. The van der Waals surface area contributed by atoms with Crippen LogP contribution in [0.4, 0.5) is 0 Å². The molecule has 0 spiro atoms. The molecule has 0 bridgehead atoms. The molecule has 2 heterocycles. The van der Waals surface area contributed by atoms with Gasteiger partial charge >= 0.3 is 0 Å². The normalized spacial score (nSPS) is 19.1. The van der Waals surface area contributed by atoms with E-state index in [0.717, 1.165) is 70.0 Å². The lowest BCUT2D eigenvalue weighted by Gasteiger charge is -2.35. The summed E-state index contributed by atoms with van der Waals surface area (Å²) in [4.78, 5) is 19.1. The molecule has 2 aliphatic heterocycles. The molecular weight excluding hydrogens is 330 g/mol. The van der Waals surface area contributed by atoms with E-state index in [2.05, 4.69) is 21.9 Å². The average molecular weight is 361 g/mol. The second kappa shape index (κ2) is 9.35. The highest BCUT2D eigenvalue weighted by Gasteiger charge is 2.23. The lowest BCUT2D eigenvalue weighted by Crippen LogP contribution is -2.49. The van der Waals surface area contributed by atoms with Gasteiger partial charge in [0.05, 0.1) is 20.3 Å². The molecular formula is C20H31N3O3. The Morgan fingerprint density at radius 3 is 2.35 bits per heavy atom. The number of likely N-dealkylation sites (tertiary alicyclic amines) is 1. The first-order valence-corrected chi connectivity index (χ1v) is 9.57.